The van der Waals surface area contributed by atoms with Gasteiger partial charge in [0, 0.05) is 5.56 Å². The van der Waals surface area contributed by atoms with E-state index in [1.54, 1.807) is 7.11 Å². The van der Waals surface area contributed by atoms with Gasteiger partial charge in [0.15, 0.2) is 0 Å². The summed E-state index contributed by atoms with van der Waals surface area (Å²) in [6.45, 7) is 1.08. The van der Waals surface area contributed by atoms with Crippen molar-refractivity contribution in [3.8, 4) is 5.75 Å². The van der Waals surface area contributed by atoms with Gasteiger partial charge < -0.3 is 10.1 Å². The first-order valence-corrected chi connectivity index (χ1v) is 7.29. The average Bonchev–Trinajstić information content (AvgIpc) is 3.33. The van der Waals surface area contributed by atoms with Gasteiger partial charge in [-0.2, -0.15) is 0 Å². The van der Waals surface area contributed by atoms with E-state index in [1.165, 1.54) is 24.0 Å². The minimum absolute atomic E-state index is 0.202. The van der Waals surface area contributed by atoms with Crippen LogP contribution in [0.1, 0.15) is 30.0 Å². The van der Waals surface area contributed by atoms with E-state index < -0.39 is 0 Å². The maximum atomic E-state index is 5.53. The van der Waals surface area contributed by atoms with Crippen molar-refractivity contribution in [3.63, 3.8) is 0 Å². The predicted molar refractivity (Wildman–Crippen MR) is 82.0 cm³/mol. The summed E-state index contributed by atoms with van der Waals surface area (Å²) in [6.07, 6.45) is 2.72. The Kier molecular flexibility index (Phi) is 4.03. The van der Waals surface area contributed by atoms with Gasteiger partial charge in [-0.15, -0.1) is 0 Å². The van der Waals surface area contributed by atoms with Crippen molar-refractivity contribution in [2.24, 2.45) is 5.92 Å². The summed E-state index contributed by atoms with van der Waals surface area (Å²) in [6, 6.07) is 19.1. The van der Waals surface area contributed by atoms with Gasteiger partial charge in [-0.05, 0) is 36.9 Å². The normalized spacial score (nSPS) is 15.8. The van der Waals surface area contributed by atoms with Crippen LogP contribution in [0.15, 0.2) is 54.6 Å². The molecule has 2 heteroatoms. The van der Waals surface area contributed by atoms with Crippen molar-refractivity contribution in [2.75, 3.05) is 13.7 Å². The number of hydrogen-bond acceptors (Lipinski definition) is 2. The number of para-hydroxylation sites is 1. The summed E-state index contributed by atoms with van der Waals surface area (Å²) in [4.78, 5) is 0. The number of nitrogens with one attached hydrogen (secondary N) is 1. The lowest BCUT2D eigenvalue weighted by molar-refractivity contribution is 0.403. The van der Waals surface area contributed by atoms with Crippen LogP contribution in [-0.4, -0.2) is 13.7 Å². The number of methoxy groups -OCH3 is 1. The lowest BCUT2D eigenvalue weighted by atomic mass is 9.97. The Morgan fingerprint density at radius 2 is 1.75 bits per heavy atom. The summed E-state index contributed by atoms with van der Waals surface area (Å²) in [5.41, 5.74) is 2.50. The second kappa shape index (κ2) is 6.10. The van der Waals surface area contributed by atoms with E-state index in [9.17, 15) is 0 Å². The highest BCUT2D eigenvalue weighted by molar-refractivity contribution is 5.41. The molecule has 1 fully saturated rings. The summed E-state index contributed by atoms with van der Waals surface area (Å²) in [5, 5.41) is 3.71. The fourth-order valence-electron chi connectivity index (χ4n) is 2.56. The molecule has 0 bridgehead atoms. The third kappa shape index (κ3) is 3.02. The van der Waals surface area contributed by atoms with Crippen molar-refractivity contribution in [1.29, 1.82) is 0 Å². The van der Waals surface area contributed by atoms with Crippen LogP contribution >= 0.6 is 0 Å². The molecule has 1 aliphatic carbocycles. The van der Waals surface area contributed by atoms with Crippen LogP contribution < -0.4 is 10.1 Å². The largest absolute Gasteiger partial charge is 0.496 e. The Morgan fingerprint density at radius 1 is 1.05 bits per heavy atom. The Hall–Kier alpha value is -1.80. The van der Waals surface area contributed by atoms with Crippen molar-refractivity contribution < 1.29 is 4.74 Å². The highest BCUT2D eigenvalue weighted by Crippen LogP contribution is 2.32. The molecule has 0 heterocycles. The summed E-state index contributed by atoms with van der Waals surface area (Å²) in [7, 11) is 1.74. The molecule has 0 radical (unpaired) electrons. The number of rotatable bonds is 6. The molecular weight excluding hydrogens is 246 g/mol. The molecule has 0 aliphatic heterocycles. The van der Waals surface area contributed by atoms with Crippen molar-refractivity contribution in [1.82, 2.24) is 5.32 Å². The molecule has 3 rings (SSSR count). The van der Waals surface area contributed by atoms with Gasteiger partial charge in [-0.1, -0.05) is 48.5 Å². The Bertz CT molecular complexity index is 548. The molecule has 0 saturated heterocycles. The Balaban J connectivity index is 1.91. The number of ether oxygens (including phenoxy) is 1. The predicted octanol–water partition coefficient (Wildman–Crippen LogP) is 3.78. The molecule has 1 unspecified atom stereocenters. The standard InChI is InChI=1S/C18H21NO/c1-20-17-10-6-5-9-16(17)18(19-13-14-11-12-14)15-7-3-2-4-8-15/h2-10,14,18-19H,11-13H2,1H3. The zero-order chi connectivity index (χ0) is 13.8. The van der Waals surface area contributed by atoms with Crippen LogP contribution in [0.2, 0.25) is 0 Å². The number of benzene rings is 2. The average molecular weight is 267 g/mol. The fraction of sp³-hybridized carbons (Fsp3) is 0.333. The smallest absolute Gasteiger partial charge is 0.123 e. The topological polar surface area (TPSA) is 21.3 Å². The molecule has 0 spiro atoms. The third-order valence-electron chi connectivity index (χ3n) is 3.89. The molecule has 1 saturated carbocycles. The van der Waals surface area contributed by atoms with Gasteiger partial charge in [-0.3, -0.25) is 0 Å². The molecule has 20 heavy (non-hydrogen) atoms. The van der Waals surface area contributed by atoms with Crippen molar-refractivity contribution >= 4 is 0 Å². The SMILES string of the molecule is COc1ccccc1C(NCC1CC1)c1ccccc1. The minimum Gasteiger partial charge on any atom is -0.496 e. The van der Waals surface area contributed by atoms with Crippen LogP contribution in [0, 0.1) is 5.92 Å². The molecule has 1 aliphatic rings. The molecular formula is C18H21NO. The van der Waals surface area contributed by atoms with E-state index in [0.29, 0.717) is 0 Å². The van der Waals surface area contributed by atoms with Crippen LogP contribution in [0.5, 0.6) is 5.75 Å². The molecule has 2 aromatic rings. The number of hydrogen-bond donors (Lipinski definition) is 1. The molecule has 1 atom stereocenters. The maximum absolute atomic E-state index is 5.53. The van der Waals surface area contributed by atoms with E-state index in [1.807, 2.05) is 12.1 Å². The second-order valence-corrected chi connectivity index (χ2v) is 5.44. The Morgan fingerprint density at radius 3 is 2.45 bits per heavy atom. The lowest BCUT2D eigenvalue weighted by Gasteiger charge is -2.22. The fourth-order valence-corrected chi connectivity index (χ4v) is 2.56. The van der Waals surface area contributed by atoms with E-state index in [4.69, 9.17) is 4.74 Å². The van der Waals surface area contributed by atoms with Crippen molar-refractivity contribution in [3.05, 3.63) is 65.7 Å². The van der Waals surface area contributed by atoms with Gasteiger partial charge in [0.05, 0.1) is 13.2 Å². The first kappa shape index (κ1) is 13.2. The van der Waals surface area contributed by atoms with Crippen molar-refractivity contribution in [2.45, 2.75) is 18.9 Å². The quantitative estimate of drug-likeness (QED) is 0.860. The first-order valence-electron chi connectivity index (χ1n) is 7.29. The van der Waals surface area contributed by atoms with Gasteiger partial charge >= 0.3 is 0 Å². The zero-order valence-corrected chi connectivity index (χ0v) is 11.9. The van der Waals surface area contributed by atoms with E-state index in [-0.39, 0.29) is 6.04 Å². The first-order chi connectivity index (χ1) is 9.88. The summed E-state index contributed by atoms with van der Waals surface area (Å²) >= 11 is 0. The highest BCUT2D eigenvalue weighted by Gasteiger charge is 2.24. The molecule has 0 amide bonds. The maximum Gasteiger partial charge on any atom is 0.123 e. The second-order valence-electron chi connectivity index (χ2n) is 5.44. The minimum atomic E-state index is 0.202. The van der Waals surface area contributed by atoms with Gasteiger partial charge in [0.1, 0.15) is 5.75 Å². The lowest BCUT2D eigenvalue weighted by Crippen LogP contribution is -2.25. The van der Waals surface area contributed by atoms with Crippen LogP contribution in [-0.2, 0) is 0 Å². The monoisotopic (exact) mass is 267 g/mol. The molecule has 1 N–H and O–H groups in total. The zero-order valence-electron chi connectivity index (χ0n) is 11.9. The molecule has 104 valence electrons. The van der Waals surface area contributed by atoms with E-state index in [0.717, 1.165) is 18.2 Å². The molecule has 2 aromatic carbocycles. The third-order valence-corrected chi connectivity index (χ3v) is 3.89. The van der Waals surface area contributed by atoms with Gasteiger partial charge in [0.2, 0.25) is 0 Å². The molecule has 2 nitrogen and oxygen atoms in total. The van der Waals surface area contributed by atoms with E-state index in [2.05, 4.69) is 47.8 Å². The van der Waals surface area contributed by atoms with Crippen LogP contribution in [0.3, 0.4) is 0 Å². The summed E-state index contributed by atoms with van der Waals surface area (Å²) in [5.74, 6) is 1.81. The van der Waals surface area contributed by atoms with Crippen LogP contribution in [0.4, 0.5) is 0 Å². The highest BCUT2D eigenvalue weighted by atomic mass is 16.5. The van der Waals surface area contributed by atoms with E-state index >= 15 is 0 Å². The van der Waals surface area contributed by atoms with Gasteiger partial charge in [0.25, 0.3) is 0 Å². The summed E-state index contributed by atoms with van der Waals surface area (Å²) < 4.78 is 5.53. The van der Waals surface area contributed by atoms with Gasteiger partial charge in [-0.25, -0.2) is 0 Å². The Labute approximate surface area is 120 Å². The van der Waals surface area contributed by atoms with Crippen LogP contribution in [0.25, 0.3) is 0 Å². The molecule has 0 aromatic heterocycles.